The second-order valence-corrected chi connectivity index (χ2v) is 6.32. The van der Waals surface area contributed by atoms with Gasteiger partial charge in [0.25, 0.3) is 0 Å². The molecule has 3 N–H and O–H groups in total. The first kappa shape index (κ1) is 14.8. The number of hydrogen-bond donors (Lipinski definition) is 3. The van der Waals surface area contributed by atoms with Gasteiger partial charge in [-0.05, 0) is 31.9 Å². The van der Waals surface area contributed by atoms with Gasteiger partial charge in [0.1, 0.15) is 10.9 Å². The molecule has 20 heavy (non-hydrogen) atoms. The van der Waals surface area contributed by atoms with Gasteiger partial charge in [0.05, 0.1) is 5.69 Å². The molecule has 1 unspecified atom stereocenters. The van der Waals surface area contributed by atoms with Gasteiger partial charge in [-0.3, -0.25) is 4.79 Å². The fourth-order valence-electron chi connectivity index (χ4n) is 2.17. The second-order valence-electron chi connectivity index (χ2n) is 4.63. The summed E-state index contributed by atoms with van der Waals surface area (Å²) in [4.78, 5) is 11.8. The predicted molar refractivity (Wildman–Crippen MR) is 77.0 cm³/mol. The zero-order valence-corrected chi connectivity index (χ0v) is 12.2. The lowest BCUT2D eigenvalue weighted by atomic mass is 10.1. The fourth-order valence-corrected chi connectivity index (χ4v) is 3.59. The van der Waals surface area contributed by atoms with Gasteiger partial charge in [-0.2, -0.15) is 4.72 Å². The smallest absolute Gasteiger partial charge is 0.243 e. The van der Waals surface area contributed by atoms with Crippen molar-refractivity contribution < 1.29 is 13.2 Å². The van der Waals surface area contributed by atoms with Crippen molar-refractivity contribution in [2.45, 2.75) is 30.7 Å². The summed E-state index contributed by atoms with van der Waals surface area (Å²) in [5, 5.41) is 5.68. The predicted octanol–water partition coefficient (Wildman–Crippen LogP) is 0.675. The van der Waals surface area contributed by atoms with Crippen LogP contribution in [0.3, 0.4) is 0 Å². The van der Waals surface area contributed by atoms with Crippen LogP contribution in [0, 0.1) is 0 Å². The Balaban J connectivity index is 2.24. The summed E-state index contributed by atoms with van der Waals surface area (Å²) < 4.78 is 27.3. The van der Waals surface area contributed by atoms with Crippen molar-refractivity contribution in [3.05, 3.63) is 24.3 Å². The van der Waals surface area contributed by atoms with Crippen molar-refractivity contribution in [2.75, 3.05) is 18.4 Å². The van der Waals surface area contributed by atoms with Crippen molar-refractivity contribution in [3.8, 4) is 0 Å². The number of hydrogen-bond acceptors (Lipinski definition) is 4. The van der Waals surface area contributed by atoms with E-state index in [1.165, 1.54) is 6.07 Å². The highest BCUT2D eigenvalue weighted by atomic mass is 32.2. The molecular weight excluding hydrogens is 278 g/mol. The van der Waals surface area contributed by atoms with Crippen LogP contribution in [-0.4, -0.2) is 33.5 Å². The third-order valence-corrected chi connectivity index (χ3v) is 4.66. The second kappa shape index (κ2) is 6.23. The van der Waals surface area contributed by atoms with Gasteiger partial charge in [0, 0.05) is 13.1 Å². The highest BCUT2D eigenvalue weighted by molar-refractivity contribution is 7.89. The molecule has 1 aliphatic heterocycles. The number of benzene rings is 1. The molecule has 1 aliphatic rings. The van der Waals surface area contributed by atoms with Crippen molar-refractivity contribution in [1.82, 2.24) is 10.0 Å². The number of para-hydroxylation sites is 1. The first-order chi connectivity index (χ1) is 9.54. The summed E-state index contributed by atoms with van der Waals surface area (Å²) in [6.07, 6.45) is 1.29. The van der Waals surface area contributed by atoms with Crippen LogP contribution in [0.5, 0.6) is 0 Å². The topological polar surface area (TPSA) is 87.3 Å². The molecule has 7 heteroatoms. The first-order valence-electron chi connectivity index (χ1n) is 6.67. The number of amides is 1. The molecule has 6 nitrogen and oxygen atoms in total. The average molecular weight is 297 g/mol. The number of sulfonamides is 1. The summed E-state index contributed by atoms with van der Waals surface area (Å²) in [5.74, 6) is -0.263. The van der Waals surface area contributed by atoms with Crippen LogP contribution >= 0.6 is 0 Å². The van der Waals surface area contributed by atoms with E-state index in [4.69, 9.17) is 0 Å². The highest BCUT2D eigenvalue weighted by Crippen LogP contribution is 2.21. The largest absolute Gasteiger partial charge is 0.384 e. The maximum Gasteiger partial charge on any atom is 0.243 e. The van der Waals surface area contributed by atoms with Crippen LogP contribution in [0.1, 0.15) is 19.8 Å². The van der Waals surface area contributed by atoms with E-state index in [9.17, 15) is 13.2 Å². The van der Waals surface area contributed by atoms with E-state index < -0.39 is 16.1 Å². The Morgan fingerprint density at radius 1 is 1.35 bits per heavy atom. The molecule has 1 fully saturated rings. The number of rotatable bonds is 5. The molecule has 110 valence electrons. The summed E-state index contributed by atoms with van der Waals surface area (Å²) in [7, 11) is -3.72. The van der Waals surface area contributed by atoms with Crippen molar-refractivity contribution in [1.29, 1.82) is 0 Å². The third-order valence-electron chi connectivity index (χ3n) is 3.13. The van der Waals surface area contributed by atoms with Gasteiger partial charge in [-0.25, -0.2) is 8.42 Å². The Kier molecular flexibility index (Phi) is 4.61. The van der Waals surface area contributed by atoms with E-state index in [2.05, 4.69) is 15.4 Å². The van der Waals surface area contributed by atoms with E-state index >= 15 is 0 Å². The minimum absolute atomic E-state index is 0.167. The standard InChI is InChI=1S/C13H19N3O3S/c1-2-14-10-6-3-4-8-12(10)20(18,19)16-11-7-5-9-15-13(11)17/h3-4,6,8,11,14,16H,2,5,7,9H2,1H3,(H,15,17). The average Bonchev–Trinajstić information content (AvgIpc) is 2.42. The molecule has 1 heterocycles. The molecule has 1 amide bonds. The fraction of sp³-hybridized carbons (Fsp3) is 0.462. The Bertz CT molecular complexity index is 586. The SMILES string of the molecule is CCNc1ccccc1S(=O)(=O)NC1CCCNC1=O. The van der Waals surface area contributed by atoms with Crippen LogP contribution in [-0.2, 0) is 14.8 Å². The molecular formula is C13H19N3O3S. The molecule has 0 spiro atoms. The highest BCUT2D eigenvalue weighted by Gasteiger charge is 2.28. The van der Waals surface area contributed by atoms with Crippen LogP contribution in [0.2, 0.25) is 0 Å². The van der Waals surface area contributed by atoms with E-state index in [1.807, 2.05) is 6.92 Å². The number of piperidine rings is 1. The maximum atomic E-state index is 12.4. The molecule has 0 saturated carbocycles. The summed E-state index contributed by atoms with van der Waals surface area (Å²) >= 11 is 0. The zero-order chi connectivity index (χ0) is 14.6. The van der Waals surface area contributed by atoms with Crippen molar-refractivity contribution in [3.63, 3.8) is 0 Å². The summed E-state index contributed by atoms with van der Waals surface area (Å²) in [5.41, 5.74) is 0.540. The molecule has 0 radical (unpaired) electrons. The lowest BCUT2D eigenvalue weighted by molar-refractivity contribution is -0.124. The zero-order valence-electron chi connectivity index (χ0n) is 11.3. The van der Waals surface area contributed by atoms with Crippen molar-refractivity contribution in [2.24, 2.45) is 0 Å². The molecule has 0 aromatic heterocycles. The number of carbonyl (C=O) groups is 1. The lowest BCUT2D eigenvalue weighted by Gasteiger charge is -2.23. The van der Waals surface area contributed by atoms with Gasteiger partial charge in [0.15, 0.2) is 0 Å². The Labute approximate surface area is 119 Å². The number of anilines is 1. The summed E-state index contributed by atoms with van der Waals surface area (Å²) in [6, 6.07) is 5.98. The van der Waals surface area contributed by atoms with E-state index in [1.54, 1.807) is 18.2 Å². The number of nitrogens with one attached hydrogen (secondary N) is 3. The van der Waals surface area contributed by atoms with Gasteiger partial charge < -0.3 is 10.6 Å². The molecule has 1 aromatic rings. The van der Waals surface area contributed by atoms with Gasteiger partial charge in [-0.15, -0.1) is 0 Å². The normalized spacial score (nSPS) is 19.4. The monoisotopic (exact) mass is 297 g/mol. The van der Waals surface area contributed by atoms with Crippen molar-refractivity contribution >= 4 is 21.6 Å². The van der Waals surface area contributed by atoms with Gasteiger partial charge in [-0.1, -0.05) is 12.1 Å². The van der Waals surface area contributed by atoms with Crippen LogP contribution in [0.4, 0.5) is 5.69 Å². The van der Waals surface area contributed by atoms with Gasteiger partial charge >= 0.3 is 0 Å². The molecule has 1 aromatic carbocycles. The molecule has 1 saturated heterocycles. The first-order valence-corrected chi connectivity index (χ1v) is 8.16. The van der Waals surface area contributed by atoms with E-state index in [-0.39, 0.29) is 10.8 Å². The minimum Gasteiger partial charge on any atom is -0.384 e. The Hall–Kier alpha value is -1.60. The lowest BCUT2D eigenvalue weighted by Crippen LogP contribution is -2.50. The Morgan fingerprint density at radius 3 is 2.80 bits per heavy atom. The van der Waals surface area contributed by atoms with Crippen LogP contribution in [0.25, 0.3) is 0 Å². The van der Waals surface area contributed by atoms with E-state index in [0.717, 1.165) is 6.42 Å². The van der Waals surface area contributed by atoms with Crippen LogP contribution < -0.4 is 15.4 Å². The maximum absolute atomic E-state index is 12.4. The third kappa shape index (κ3) is 3.29. The number of carbonyl (C=O) groups excluding carboxylic acids is 1. The van der Waals surface area contributed by atoms with E-state index in [0.29, 0.717) is 25.2 Å². The van der Waals surface area contributed by atoms with Gasteiger partial charge in [0.2, 0.25) is 15.9 Å². The Morgan fingerprint density at radius 2 is 2.10 bits per heavy atom. The molecule has 2 rings (SSSR count). The van der Waals surface area contributed by atoms with Crippen LogP contribution in [0.15, 0.2) is 29.2 Å². The minimum atomic E-state index is -3.72. The molecule has 0 bridgehead atoms. The summed E-state index contributed by atoms with van der Waals surface area (Å²) in [6.45, 7) is 3.12. The molecule has 1 atom stereocenters. The molecule has 0 aliphatic carbocycles. The quantitative estimate of drug-likeness (QED) is 0.745.